The summed E-state index contributed by atoms with van der Waals surface area (Å²) in [5.74, 6) is 0.0290. The van der Waals surface area contributed by atoms with E-state index in [4.69, 9.17) is 13.1 Å². The molecule has 0 unspecified atom stereocenters. The van der Waals surface area contributed by atoms with Gasteiger partial charge < -0.3 is 4.74 Å². The lowest BCUT2D eigenvalue weighted by molar-refractivity contribution is -0.128. The summed E-state index contributed by atoms with van der Waals surface area (Å²) < 4.78 is 15.0. The lowest BCUT2D eigenvalue weighted by Gasteiger charge is -2.06. The number of rotatable bonds is 7. The van der Waals surface area contributed by atoms with Crippen molar-refractivity contribution >= 4 is 18.3 Å². The zero-order chi connectivity index (χ0) is 15.8. The van der Waals surface area contributed by atoms with Crippen LogP contribution in [0, 0.1) is 0 Å². The van der Waals surface area contributed by atoms with E-state index in [0.717, 1.165) is 35.1 Å². The van der Waals surface area contributed by atoms with Crippen LogP contribution in [0.2, 0.25) is 0 Å². The van der Waals surface area contributed by atoms with E-state index in [-0.39, 0.29) is 0 Å². The van der Waals surface area contributed by atoms with Crippen molar-refractivity contribution in [3.8, 4) is 16.9 Å². The van der Waals surface area contributed by atoms with Crippen molar-refractivity contribution in [3.05, 3.63) is 66.7 Å². The molecule has 0 N–H and O–H groups in total. The third kappa shape index (κ3) is 4.73. The van der Waals surface area contributed by atoms with E-state index >= 15 is 0 Å². The van der Waals surface area contributed by atoms with Crippen LogP contribution in [0.1, 0.15) is 5.56 Å². The molecule has 4 nitrogen and oxygen atoms in total. The summed E-state index contributed by atoms with van der Waals surface area (Å²) in [6.45, 7) is 3.84. The Hall–Kier alpha value is -2.08. The van der Waals surface area contributed by atoms with E-state index in [1.807, 2.05) is 36.4 Å². The number of esters is 1. The largest absolute Gasteiger partial charge is 0.423 e. The second-order valence-corrected chi connectivity index (χ2v) is 5.05. The minimum absolute atomic E-state index is 0.467. The van der Waals surface area contributed by atoms with E-state index in [1.165, 1.54) is 0 Å². The standard InChI is InChI=1S/C17H16O4S/c1-3-17(18)21-16-10-8-15(9-11-16)14-6-4-13(5-7-14)12-20-22-19-2/h3-11H,1,12H2,2H3. The van der Waals surface area contributed by atoms with E-state index in [2.05, 4.69) is 6.58 Å². The van der Waals surface area contributed by atoms with Crippen LogP contribution in [0.3, 0.4) is 0 Å². The summed E-state index contributed by atoms with van der Waals surface area (Å²) in [4.78, 5) is 11.1. The lowest BCUT2D eigenvalue weighted by atomic mass is 10.0. The molecule has 0 amide bonds. The first kappa shape index (κ1) is 16.3. The molecule has 114 valence electrons. The van der Waals surface area contributed by atoms with Gasteiger partial charge >= 0.3 is 5.97 Å². The van der Waals surface area contributed by atoms with Gasteiger partial charge in [-0.25, -0.2) is 4.79 Å². The molecule has 0 spiro atoms. The van der Waals surface area contributed by atoms with Gasteiger partial charge in [-0.05, 0) is 28.8 Å². The Morgan fingerprint density at radius 2 is 1.68 bits per heavy atom. The first-order valence-corrected chi connectivity index (χ1v) is 7.25. The summed E-state index contributed by atoms with van der Waals surface area (Å²) in [7, 11) is 1.56. The summed E-state index contributed by atoms with van der Waals surface area (Å²) in [5.41, 5.74) is 3.17. The number of hydrogen-bond acceptors (Lipinski definition) is 5. The Kier molecular flexibility index (Phi) is 6.21. The van der Waals surface area contributed by atoms with E-state index in [0.29, 0.717) is 12.4 Å². The first-order chi connectivity index (χ1) is 10.7. The SMILES string of the molecule is C=CC(=O)Oc1ccc(-c2ccc(COSOC)cc2)cc1. The molecule has 22 heavy (non-hydrogen) atoms. The van der Waals surface area contributed by atoms with Crippen molar-refractivity contribution < 1.29 is 17.9 Å². The fraction of sp³-hybridized carbons (Fsp3) is 0.118. The minimum atomic E-state index is -0.467. The molecular weight excluding hydrogens is 300 g/mol. The van der Waals surface area contributed by atoms with Crippen molar-refractivity contribution in [2.45, 2.75) is 6.61 Å². The summed E-state index contributed by atoms with van der Waals surface area (Å²) in [5, 5.41) is 0. The quantitative estimate of drug-likeness (QED) is 0.252. The summed E-state index contributed by atoms with van der Waals surface area (Å²) in [6, 6.07) is 15.3. The van der Waals surface area contributed by atoms with Gasteiger partial charge in [0.15, 0.2) is 12.3 Å². The molecule has 0 heterocycles. The van der Waals surface area contributed by atoms with Gasteiger partial charge in [-0.1, -0.05) is 43.0 Å². The normalized spacial score (nSPS) is 10.2. The van der Waals surface area contributed by atoms with Crippen LogP contribution < -0.4 is 4.74 Å². The van der Waals surface area contributed by atoms with Gasteiger partial charge in [-0.3, -0.25) is 8.37 Å². The first-order valence-electron chi connectivity index (χ1n) is 6.59. The molecule has 0 fully saturated rings. The van der Waals surface area contributed by atoms with E-state index in [9.17, 15) is 4.79 Å². The third-order valence-corrected chi connectivity index (χ3v) is 3.22. The molecule has 0 saturated carbocycles. The maximum absolute atomic E-state index is 11.1. The highest BCUT2D eigenvalue weighted by Gasteiger charge is 2.02. The molecule has 0 aliphatic rings. The highest BCUT2D eigenvalue weighted by atomic mass is 32.2. The molecule has 0 radical (unpaired) electrons. The maximum Gasteiger partial charge on any atom is 0.335 e. The molecule has 0 atom stereocenters. The Balaban J connectivity index is 2.02. The molecule has 0 bridgehead atoms. The molecule has 0 saturated heterocycles. The van der Waals surface area contributed by atoms with Gasteiger partial charge in [0.2, 0.25) is 0 Å². The predicted octanol–water partition coefficient (Wildman–Crippen LogP) is 4.17. The smallest absolute Gasteiger partial charge is 0.335 e. The number of hydrogen-bond donors (Lipinski definition) is 0. The van der Waals surface area contributed by atoms with Crippen molar-refractivity contribution in [2.24, 2.45) is 0 Å². The number of ether oxygens (including phenoxy) is 1. The number of carbonyl (C=O) groups is 1. The molecule has 2 aromatic rings. The van der Waals surface area contributed by atoms with Gasteiger partial charge in [0.05, 0.1) is 13.7 Å². The van der Waals surface area contributed by atoms with Crippen LogP contribution in [0.4, 0.5) is 0 Å². The summed E-state index contributed by atoms with van der Waals surface area (Å²) in [6.07, 6.45) is 1.14. The molecule has 2 rings (SSSR count). The van der Waals surface area contributed by atoms with Gasteiger partial charge in [-0.15, -0.1) is 0 Å². The summed E-state index contributed by atoms with van der Waals surface area (Å²) >= 11 is 0.963. The second-order valence-electron chi connectivity index (χ2n) is 4.34. The van der Waals surface area contributed by atoms with Crippen LogP contribution in [0.5, 0.6) is 5.75 Å². The van der Waals surface area contributed by atoms with E-state index in [1.54, 1.807) is 19.2 Å². The lowest BCUT2D eigenvalue weighted by Crippen LogP contribution is -2.02. The highest BCUT2D eigenvalue weighted by molar-refractivity contribution is 7.89. The van der Waals surface area contributed by atoms with E-state index < -0.39 is 5.97 Å². The average Bonchev–Trinajstić information content (AvgIpc) is 2.56. The van der Waals surface area contributed by atoms with Crippen LogP contribution in [-0.2, 0) is 19.8 Å². The monoisotopic (exact) mass is 316 g/mol. The molecule has 0 aliphatic heterocycles. The van der Waals surface area contributed by atoms with Crippen molar-refractivity contribution in [1.82, 2.24) is 0 Å². The molecule has 0 aromatic heterocycles. The maximum atomic E-state index is 11.1. The van der Waals surface area contributed by atoms with Crippen LogP contribution in [0.15, 0.2) is 61.2 Å². The molecule has 2 aromatic carbocycles. The van der Waals surface area contributed by atoms with Crippen molar-refractivity contribution in [3.63, 3.8) is 0 Å². The Labute approximate surface area is 134 Å². The highest BCUT2D eigenvalue weighted by Crippen LogP contribution is 2.23. The topological polar surface area (TPSA) is 44.8 Å². The van der Waals surface area contributed by atoms with Gasteiger partial charge in [0.25, 0.3) is 0 Å². The van der Waals surface area contributed by atoms with Gasteiger partial charge in [0, 0.05) is 6.08 Å². The zero-order valence-corrected chi connectivity index (χ0v) is 13.0. The van der Waals surface area contributed by atoms with Gasteiger partial charge in [-0.2, -0.15) is 0 Å². The van der Waals surface area contributed by atoms with Crippen molar-refractivity contribution in [2.75, 3.05) is 7.11 Å². The molecular formula is C17H16O4S. The Bertz CT molecular complexity index is 620. The second kappa shape index (κ2) is 8.38. The van der Waals surface area contributed by atoms with Crippen molar-refractivity contribution in [1.29, 1.82) is 0 Å². The molecule has 0 aliphatic carbocycles. The average molecular weight is 316 g/mol. The fourth-order valence-electron chi connectivity index (χ4n) is 1.81. The minimum Gasteiger partial charge on any atom is -0.423 e. The van der Waals surface area contributed by atoms with Crippen LogP contribution >= 0.6 is 12.3 Å². The van der Waals surface area contributed by atoms with Gasteiger partial charge in [0.1, 0.15) is 5.75 Å². The zero-order valence-electron chi connectivity index (χ0n) is 12.2. The Morgan fingerprint density at radius 1 is 1.09 bits per heavy atom. The number of benzene rings is 2. The Morgan fingerprint density at radius 3 is 2.23 bits per heavy atom. The van der Waals surface area contributed by atoms with Crippen LogP contribution in [0.25, 0.3) is 11.1 Å². The third-order valence-electron chi connectivity index (χ3n) is 2.87. The predicted molar refractivity (Wildman–Crippen MR) is 87.1 cm³/mol. The van der Waals surface area contributed by atoms with Crippen LogP contribution in [-0.4, -0.2) is 13.1 Å². The number of carbonyl (C=O) groups excluding carboxylic acids is 1. The molecule has 5 heteroatoms. The fourth-order valence-corrected chi connectivity index (χ4v) is 2.09.